The van der Waals surface area contributed by atoms with Gasteiger partial charge in [0.2, 0.25) is 0 Å². The van der Waals surface area contributed by atoms with E-state index in [0.29, 0.717) is 11.5 Å². The van der Waals surface area contributed by atoms with Gasteiger partial charge >= 0.3 is 0 Å². The molecule has 74 valence electrons. The van der Waals surface area contributed by atoms with Crippen LogP contribution in [0, 0.1) is 11.3 Å². The van der Waals surface area contributed by atoms with Crippen LogP contribution in [-0.2, 0) is 0 Å². The van der Waals surface area contributed by atoms with Gasteiger partial charge < -0.3 is 5.32 Å². The summed E-state index contributed by atoms with van der Waals surface area (Å²) in [6, 6.07) is 0.676. The summed E-state index contributed by atoms with van der Waals surface area (Å²) in [5.74, 6) is 0.786. The van der Waals surface area contributed by atoms with Crippen molar-refractivity contribution in [3.05, 3.63) is 0 Å². The minimum absolute atomic E-state index is 0.442. The van der Waals surface area contributed by atoms with Crippen molar-refractivity contribution in [3.8, 4) is 0 Å². The molecule has 0 aliphatic rings. The molecular formula is C11H25N. The Kier molecular flexibility index (Phi) is 4.84. The van der Waals surface area contributed by atoms with Crippen molar-refractivity contribution in [2.24, 2.45) is 11.3 Å². The molecule has 0 heterocycles. The van der Waals surface area contributed by atoms with E-state index in [9.17, 15) is 0 Å². The molecule has 0 rings (SSSR count). The normalized spacial score (nSPS) is 17.5. The van der Waals surface area contributed by atoms with E-state index in [1.165, 1.54) is 12.8 Å². The van der Waals surface area contributed by atoms with Crippen LogP contribution in [0.4, 0.5) is 0 Å². The van der Waals surface area contributed by atoms with Crippen molar-refractivity contribution >= 4 is 0 Å². The average molecular weight is 171 g/mol. The molecule has 12 heavy (non-hydrogen) atoms. The third-order valence-corrected chi connectivity index (χ3v) is 2.53. The standard InChI is InChI=1S/C11H25N/c1-7-9(2)10(12-6)8-11(3,4)5/h9-10,12H,7-8H2,1-6H3. The van der Waals surface area contributed by atoms with Crippen LogP contribution in [0.15, 0.2) is 0 Å². The van der Waals surface area contributed by atoms with Gasteiger partial charge in [-0.2, -0.15) is 0 Å². The summed E-state index contributed by atoms with van der Waals surface area (Å²) in [5.41, 5.74) is 0.442. The van der Waals surface area contributed by atoms with E-state index in [1.807, 2.05) is 0 Å². The first-order valence-electron chi connectivity index (χ1n) is 5.08. The van der Waals surface area contributed by atoms with Gasteiger partial charge in [0, 0.05) is 6.04 Å². The van der Waals surface area contributed by atoms with Crippen molar-refractivity contribution in [3.63, 3.8) is 0 Å². The molecule has 1 N–H and O–H groups in total. The molecule has 1 heteroatoms. The third-order valence-electron chi connectivity index (χ3n) is 2.53. The third kappa shape index (κ3) is 4.76. The second-order valence-corrected chi connectivity index (χ2v) is 5.05. The summed E-state index contributed by atoms with van der Waals surface area (Å²) < 4.78 is 0. The first-order chi connectivity index (χ1) is 5.40. The fourth-order valence-electron chi connectivity index (χ4n) is 1.53. The Morgan fingerprint density at radius 2 is 1.75 bits per heavy atom. The van der Waals surface area contributed by atoms with Crippen molar-refractivity contribution in [1.82, 2.24) is 5.32 Å². The quantitative estimate of drug-likeness (QED) is 0.685. The first kappa shape index (κ1) is 12.0. The summed E-state index contributed by atoms with van der Waals surface area (Å²) >= 11 is 0. The molecule has 0 saturated heterocycles. The van der Waals surface area contributed by atoms with E-state index in [-0.39, 0.29) is 0 Å². The largest absolute Gasteiger partial charge is 0.317 e. The lowest BCUT2D eigenvalue weighted by molar-refractivity contribution is 0.261. The van der Waals surface area contributed by atoms with Gasteiger partial charge in [-0.15, -0.1) is 0 Å². The van der Waals surface area contributed by atoms with Crippen LogP contribution >= 0.6 is 0 Å². The lowest BCUT2D eigenvalue weighted by atomic mass is 9.83. The summed E-state index contributed by atoms with van der Waals surface area (Å²) in [6.45, 7) is 11.5. The lowest BCUT2D eigenvalue weighted by Crippen LogP contribution is -2.35. The maximum absolute atomic E-state index is 3.41. The Hall–Kier alpha value is -0.0400. The predicted molar refractivity (Wildman–Crippen MR) is 56.4 cm³/mol. The molecule has 0 fully saturated rings. The molecule has 0 aliphatic carbocycles. The molecule has 0 aromatic heterocycles. The van der Waals surface area contributed by atoms with Gasteiger partial charge in [-0.3, -0.25) is 0 Å². The van der Waals surface area contributed by atoms with Crippen molar-refractivity contribution in [2.45, 2.75) is 53.5 Å². The Morgan fingerprint density at radius 3 is 2.00 bits per heavy atom. The SMILES string of the molecule is CCC(C)C(CC(C)(C)C)NC. The fraction of sp³-hybridized carbons (Fsp3) is 1.00. The molecule has 0 bridgehead atoms. The van der Waals surface area contributed by atoms with Crippen LogP contribution in [0.5, 0.6) is 0 Å². The van der Waals surface area contributed by atoms with Crippen LogP contribution in [0.25, 0.3) is 0 Å². The molecule has 1 nitrogen and oxygen atoms in total. The molecule has 2 atom stereocenters. The van der Waals surface area contributed by atoms with Crippen LogP contribution in [-0.4, -0.2) is 13.1 Å². The van der Waals surface area contributed by atoms with E-state index in [4.69, 9.17) is 0 Å². The second kappa shape index (κ2) is 4.86. The minimum Gasteiger partial charge on any atom is -0.317 e. The minimum atomic E-state index is 0.442. The van der Waals surface area contributed by atoms with Crippen LogP contribution in [0.3, 0.4) is 0 Å². The highest BCUT2D eigenvalue weighted by molar-refractivity contribution is 4.77. The second-order valence-electron chi connectivity index (χ2n) is 5.05. The van der Waals surface area contributed by atoms with Gasteiger partial charge in [-0.25, -0.2) is 0 Å². The van der Waals surface area contributed by atoms with E-state index >= 15 is 0 Å². The Bertz CT molecular complexity index is 113. The lowest BCUT2D eigenvalue weighted by Gasteiger charge is -2.29. The van der Waals surface area contributed by atoms with Gasteiger partial charge in [0.25, 0.3) is 0 Å². The highest BCUT2D eigenvalue weighted by atomic mass is 14.9. The van der Waals surface area contributed by atoms with Gasteiger partial charge in [0.1, 0.15) is 0 Å². The number of hydrogen-bond acceptors (Lipinski definition) is 1. The van der Waals surface area contributed by atoms with E-state index in [0.717, 1.165) is 5.92 Å². The van der Waals surface area contributed by atoms with E-state index in [2.05, 4.69) is 47.0 Å². The fourth-order valence-corrected chi connectivity index (χ4v) is 1.53. The highest BCUT2D eigenvalue weighted by Crippen LogP contribution is 2.24. The highest BCUT2D eigenvalue weighted by Gasteiger charge is 2.20. The molecule has 0 aromatic rings. The monoisotopic (exact) mass is 171 g/mol. The Balaban J connectivity index is 3.99. The van der Waals surface area contributed by atoms with Crippen LogP contribution in [0.2, 0.25) is 0 Å². The van der Waals surface area contributed by atoms with Gasteiger partial charge in [0.15, 0.2) is 0 Å². The van der Waals surface area contributed by atoms with Crippen LogP contribution in [0.1, 0.15) is 47.5 Å². The van der Waals surface area contributed by atoms with E-state index < -0.39 is 0 Å². The number of rotatable bonds is 4. The smallest absolute Gasteiger partial charge is 0.00945 e. The van der Waals surface area contributed by atoms with Gasteiger partial charge in [-0.1, -0.05) is 41.0 Å². The molecule has 2 unspecified atom stereocenters. The number of nitrogens with one attached hydrogen (secondary N) is 1. The van der Waals surface area contributed by atoms with Crippen LogP contribution < -0.4 is 5.32 Å². The van der Waals surface area contributed by atoms with Crippen molar-refractivity contribution in [2.75, 3.05) is 7.05 Å². The molecule has 0 aliphatic heterocycles. The maximum Gasteiger partial charge on any atom is 0.00945 e. The molecule has 0 spiro atoms. The Labute approximate surface area is 77.9 Å². The summed E-state index contributed by atoms with van der Waals surface area (Å²) in [4.78, 5) is 0. The molecule has 0 radical (unpaired) electrons. The number of hydrogen-bond donors (Lipinski definition) is 1. The summed E-state index contributed by atoms with van der Waals surface area (Å²) in [5, 5.41) is 3.41. The Morgan fingerprint density at radius 1 is 1.25 bits per heavy atom. The van der Waals surface area contributed by atoms with Gasteiger partial charge in [0.05, 0.1) is 0 Å². The molecular weight excluding hydrogens is 146 g/mol. The zero-order valence-corrected chi connectivity index (χ0v) is 9.57. The predicted octanol–water partition coefficient (Wildman–Crippen LogP) is 3.06. The molecule has 0 amide bonds. The van der Waals surface area contributed by atoms with Crippen molar-refractivity contribution < 1.29 is 0 Å². The average Bonchev–Trinajstić information content (AvgIpc) is 1.97. The summed E-state index contributed by atoms with van der Waals surface area (Å²) in [6.07, 6.45) is 2.53. The zero-order chi connectivity index (χ0) is 9.78. The maximum atomic E-state index is 3.41. The topological polar surface area (TPSA) is 12.0 Å². The molecule has 0 aromatic carbocycles. The van der Waals surface area contributed by atoms with E-state index in [1.54, 1.807) is 0 Å². The molecule has 0 saturated carbocycles. The van der Waals surface area contributed by atoms with Crippen molar-refractivity contribution in [1.29, 1.82) is 0 Å². The van der Waals surface area contributed by atoms with Gasteiger partial charge in [-0.05, 0) is 24.8 Å². The summed E-state index contributed by atoms with van der Waals surface area (Å²) in [7, 11) is 2.07. The zero-order valence-electron chi connectivity index (χ0n) is 9.57. The first-order valence-corrected chi connectivity index (χ1v) is 5.08.